The molecule has 0 N–H and O–H groups in total. The summed E-state index contributed by atoms with van der Waals surface area (Å²) in [4.78, 5) is 0.388. The van der Waals surface area contributed by atoms with Gasteiger partial charge in [-0.1, -0.05) is 50.0 Å². The van der Waals surface area contributed by atoms with Gasteiger partial charge in [-0.25, -0.2) is 8.42 Å². The van der Waals surface area contributed by atoms with Crippen LogP contribution in [0.2, 0.25) is 0 Å². The summed E-state index contributed by atoms with van der Waals surface area (Å²) in [6, 6.07) is 7.12. The van der Waals surface area contributed by atoms with Crippen molar-refractivity contribution in [3.8, 4) is 0 Å². The molecule has 0 bridgehead atoms. The van der Waals surface area contributed by atoms with Gasteiger partial charge in [-0.15, -0.1) is 0 Å². The monoisotopic (exact) mass is 278 g/mol. The molecule has 19 heavy (non-hydrogen) atoms. The van der Waals surface area contributed by atoms with Crippen molar-refractivity contribution < 1.29 is 8.42 Å². The first-order valence-corrected chi connectivity index (χ1v) is 8.93. The SMILES string of the molecule is CS(=O)(=O)c1ccc(/C=C/C2CCCCCC2)cc1. The molecule has 0 radical (unpaired) electrons. The van der Waals surface area contributed by atoms with Gasteiger partial charge >= 0.3 is 0 Å². The van der Waals surface area contributed by atoms with Crippen LogP contribution >= 0.6 is 0 Å². The molecule has 1 aliphatic carbocycles. The van der Waals surface area contributed by atoms with Crippen molar-refractivity contribution in [2.24, 2.45) is 5.92 Å². The predicted octanol–water partition coefficient (Wildman–Crippen LogP) is 4.07. The first-order chi connectivity index (χ1) is 9.05. The first kappa shape index (κ1) is 14.3. The summed E-state index contributed by atoms with van der Waals surface area (Å²) in [5.41, 5.74) is 1.08. The van der Waals surface area contributed by atoms with Gasteiger partial charge in [0, 0.05) is 6.26 Å². The Labute approximate surface area is 116 Å². The van der Waals surface area contributed by atoms with E-state index in [0.29, 0.717) is 10.8 Å². The minimum absolute atomic E-state index is 0.388. The molecule has 0 atom stereocenters. The summed E-state index contributed by atoms with van der Waals surface area (Å²) in [6.07, 6.45) is 13.6. The minimum Gasteiger partial charge on any atom is -0.224 e. The van der Waals surface area contributed by atoms with E-state index in [1.165, 1.54) is 44.8 Å². The van der Waals surface area contributed by atoms with E-state index in [1.807, 2.05) is 12.1 Å². The highest BCUT2D eigenvalue weighted by atomic mass is 32.2. The first-order valence-electron chi connectivity index (χ1n) is 7.04. The normalized spacial score (nSPS) is 18.6. The van der Waals surface area contributed by atoms with Gasteiger partial charge in [0.15, 0.2) is 9.84 Å². The smallest absolute Gasteiger partial charge is 0.175 e. The topological polar surface area (TPSA) is 34.1 Å². The fourth-order valence-corrected chi connectivity index (χ4v) is 3.21. The van der Waals surface area contributed by atoms with Gasteiger partial charge in [-0.05, 0) is 36.5 Å². The number of hydrogen-bond acceptors (Lipinski definition) is 2. The zero-order chi connectivity index (χ0) is 13.7. The Kier molecular flexibility index (Phi) is 4.81. The van der Waals surface area contributed by atoms with Crippen molar-refractivity contribution in [3.05, 3.63) is 35.9 Å². The van der Waals surface area contributed by atoms with Crippen LogP contribution in [0.3, 0.4) is 0 Å². The van der Waals surface area contributed by atoms with E-state index in [9.17, 15) is 8.42 Å². The van der Waals surface area contributed by atoms with Crippen LogP contribution in [0.4, 0.5) is 0 Å². The van der Waals surface area contributed by atoms with Gasteiger partial charge in [-0.2, -0.15) is 0 Å². The summed E-state index contributed by atoms with van der Waals surface area (Å²) in [5.74, 6) is 0.692. The molecule has 1 saturated carbocycles. The average Bonchev–Trinajstić information content (AvgIpc) is 2.64. The number of sulfone groups is 1. The molecule has 0 heterocycles. The van der Waals surface area contributed by atoms with E-state index in [1.54, 1.807) is 12.1 Å². The molecular weight excluding hydrogens is 256 g/mol. The van der Waals surface area contributed by atoms with E-state index in [-0.39, 0.29) is 0 Å². The number of hydrogen-bond donors (Lipinski definition) is 0. The zero-order valence-electron chi connectivity index (χ0n) is 11.5. The minimum atomic E-state index is -3.08. The molecule has 0 aromatic heterocycles. The molecule has 2 nitrogen and oxygen atoms in total. The Hall–Kier alpha value is -1.09. The lowest BCUT2D eigenvalue weighted by Gasteiger charge is -2.07. The van der Waals surface area contributed by atoms with Crippen LogP contribution in [0.25, 0.3) is 6.08 Å². The van der Waals surface area contributed by atoms with Gasteiger partial charge in [-0.3, -0.25) is 0 Å². The molecule has 0 aliphatic heterocycles. The molecule has 0 amide bonds. The second-order valence-electron chi connectivity index (χ2n) is 5.45. The summed E-state index contributed by atoms with van der Waals surface area (Å²) >= 11 is 0. The van der Waals surface area contributed by atoms with Crippen molar-refractivity contribution in [2.45, 2.75) is 43.4 Å². The van der Waals surface area contributed by atoms with Crippen LogP contribution in [-0.4, -0.2) is 14.7 Å². The summed E-state index contributed by atoms with van der Waals surface area (Å²) in [5, 5.41) is 0. The van der Waals surface area contributed by atoms with Crippen molar-refractivity contribution in [1.82, 2.24) is 0 Å². The number of rotatable bonds is 3. The quantitative estimate of drug-likeness (QED) is 0.781. The maximum atomic E-state index is 11.4. The molecule has 1 aliphatic rings. The van der Waals surface area contributed by atoms with Gasteiger partial charge in [0.05, 0.1) is 4.90 Å². The van der Waals surface area contributed by atoms with Crippen molar-refractivity contribution >= 4 is 15.9 Å². The Morgan fingerprint density at radius 1 is 1.00 bits per heavy atom. The van der Waals surface area contributed by atoms with E-state index < -0.39 is 9.84 Å². The predicted molar refractivity (Wildman–Crippen MR) is 79.8 cm³/mol. The molecule has 1 aromatic rings. The lowest BCUT2D eigenvalue weighted by atomic mass is 9.99. The third kappa shape index (κ3) is 4.50. The largest absolute Gasteiger partial charge is 0.224 e. The average molecular weight is 278 g/mol. The van der Waals surface area contributed by atoms with Crippen LogP contribution in [-0.2, 0) is 9.84 Å². The highest BCUT2D eigenvalue weighted by Crippen LogP contribution is 2.24. The fourth-order valence-electron chi connectivity index (χ4n) is 2.58. The van der Waals surface area contributed by atoms with E-state index >= 15 is 0 Å². The van der Waals surface area contributed by atoms with Crippen molar-refractivity contribution in [2.75, 3.05) is 6.26 Å². The Morgan fingerprint density at radius 2 is 1.58 bits per heavy atom. The lowest BCUT2D eigenvalue weighted by Crippen LogP contribution is -1.96. The highest BCUT2D eigenvalue weighted by Gasteiger charge is 2.09. The van der Waals surface area contributed by atoms with E-state index in [0.717, 1.165) is 5.56 Å². The Morgan fingerprint density at radius 3 is 2.11 bits per heavy atom. The summed E-state index contributed by atoms with van der Waals surface area (Å²) in [6.45, 7) is 0. The van der Waals surface area contributed by atoms with Crippen molar-refractivity contribution in [3.63, 3.8) is 0 Å². The van der Waals surface area contributed by atoms with Crippen LogP contribution < -0.4 is 0 Å². The molecular formula is C16H22O2S. The van der Waals surface area contributed by atoms with E-state index in [2.05, 4.69) is 12.2 Å². The third-order valence-corrected chi connectivity index (χ3v) is 4.90. The second-order valence-corrected chi connectivity index (χ2v) is 7.47. The van der Waals surface area contributed by atoms with Crippen LogP contribution in [0, 0.1) is 5.92 Å². The van der Waals surface area contributed by atoms with Gasteiger partial charge in [0.1, 0.15) is 0 Å². The summed E-state index contributed by atoms with van der Waals surface area (Å²) in [7, 11) is -3.08. The summed E-state index contributed by atoms with van der Waals surface area (Å²) < 4.78 is 22.7. The highest BCUT2D eigenvalue weighted by molar-refractivity contribution is 7.90. The molecule has 104 valence electrons. The molecule has 0 spiro atoms. The van der Waals surface area contributed by atoms with Gasteiger partial charge < -0.3 is 0 Å². The molecule has 1 fully saturated rings. The molecule has 0 unspecified atom stereocenters. The van der Waals surface area contributed by atoms with Gasteiger partial charge in [0.2, 0.25) is 0 Å². The maximum Gasteiger partial charge on any atom is 0.175 e. The maximum absolute atomic E-state index is 11.4. The molecule has 1 aromatic carbocycles. The molecule has 3 heteroatoms. The number of benzene rings is 1. The number of allylic oxidation sites excluding steroid dienone is 1. The third-order valence-electron chi connectivity index (χ3n) is 3.77. The second kappa shape index (κ2) is 6.38. The lowest BCUT2D eigenvalue weighted by molar-refractivity contribution is 0.561. The molecule has 2 rings (SSSR count). The van der Waals surface area contributed by atoms with E-state index in [4.69, 9.17) is 0 Å². The Balaban J connectivity index is 2.02. The van der Waals surface area contributed by atoms with Crippen LogP contribution in [0.5, 0.6) is 0 Å². The zero-order valence-corrected chi connectivity index (χ0v) is 12.3. The van der Waals surface area contributed by atoms with Crippen LogP contribution in [0.1, 0.15) is 44.1 Å². The van der Waals surface area contributed by atoms with Crippen molar-refractivity contribution in [1.29, 1.82) is 0 Å². The van der Waals surface area contributed by atoms with Crippen LogP contribution in [0.15, 0.2) is 35.2 Å². The fraction of sp³-hybridized carbons (Fsp3) is 0.500. The standard InChI is InChI=1S/C16H22O2S/c1-19(17,18)16-12-10-15(11-13-16)9-8-14-6-4-2-3-5-7-14/h8-14H,2-7H2,1H3/b9-8+. The Bertz CT molecular complexity index is 518. The molecule has 0 saturated heterocycles. The van der Waals surface area contributed by atoms with Gasteiger partial charge in [0.25, 0.3) is 0 Å².